The molecule has 0 radical (unpaired) electrons. The Kier molecular flexibility index (Phi) is 5.13. The minimum absolute atomic E-state index is 0.134. The van der Waals surface area contributed by atoms with E-state index in [2.05, 4.69) is 38.4 Å². The van der Waals surface area contributed by atoms with Gasteiger partial charge in [0.1, 0.15) is 11.5 Å². The highest BCUT2D eigenvalue weighted by Gasteiger charge is 2.32. The van der Waals surface area contributed by atoms with Crippen molar-refractivity contribution in [2.75, 3.05) is 20.1 Å². The number of amides is 1. The van der Waals surface area contributed by atoms with Gasteiger partial charge in [-0.2, -0.15) is 5.10 Å². The van der Waals surface area contributed by atoms with Gasteiger partial charge in [0.15, 0.2) is 0 Å². The Morgan fingerprint density at radius 2 is 2.12 bits per heavy atom. The Balaban J connectivity index is 1.72. The summed E-state index contributed by atoms with van der Waals surface area (Å²) in [4.78, 5) is 23.3. The van der Waals surface area contributed by atoms with Crippen LogP contribution in [0.1, 0.15) is 46.6 Å². The van der Waals surface area contributed by atoms with Gasteiger partial charge < -0.3 is 5.32 Å². The molecule has 1 amide bonds. The number of aryl methyl sites for hydroxylation is 3. The Morgan fingerprint density at radius 1 is 1.32 bits per heavy atom. The minimum atomic E-state index is -0.134. The molecular weight excluding hydrogens is 316 g/mol. The molecule has 3 rings (SSSR count). The normalized spacial score (nSPS) is 21.3. The van der Waals surface area contributed by atoms with Gasteiger partial charge in [0.25, 0.3) is 5.91 Å². The largest absolute Gasteiger partial charge is 0.350 e. The molecule has 1 aliphatic rings. The predicted octanol–water partition coefficient (Wildman–Crippen LogP) is 1.64. The topological polar surface area (TPSA) is 75.9 Å². The van der Waals surface area contributed by atoms with E-state index < -0.39 is 0 Å². The first-order valence-electron chi connectivity index (χ1n) is 8.74. The molecule has 1 saturated heterocycles. The summed E-state index contributed by atoms with van der Waals surface area (Å²) in [5.74, 6) is 0.836. The highest BCUT2D eigenvalue weighted by atomic mass is 16.1. The van der Waals surface area contributed by atoms with Crippen molar-refractivity contribution >= 4 is 5.91 Å². The second-order valence-corrected chi connectivity index (χ2v) is 6.86. The van der Waals surface area contributed by atoms with Crippen LogP contribution in [0.3, 0.4) is 0 Å². The molecule has 1 N–H and O–H groups in total. The number of piperidine rings is 1. The van der Waals surface area contributed by atoms with Gasteiger partial charge in [0.05, 0.1) is 11.7 Å². The van der Waals surface area contributed by atoms with E-state index in [-0.39, 0.29) is 11.9 Å². The number of aromatic nitrogens is 4. The van der Waals surface area contributed by atoms with Gasteiger partial charge in [0, 0.05) is 25.5 Å². The molecule has 134 valence electrons. The molecule has 0 unspecified atom stereocenters. The van der Waals surface area contributed by atoms with Crippen LogP contribution < -0.4 is 5.32 Å². The Labute approximate surface area is 148 Å². The van der Waals surface area contributed by atoms with Crippen LogP contribution in [0.4, 0.5) is 0 Å². The van der Waals surface area contributed by atoms with Crippen LogP contribution in [0.5, 0.6) is 0 Å². The molecule has 0 spiro atoms. The molecule has 2 aromatic heterocycles. The fourth-order valence-corrected chi connectivity index (χ4v) is 3.76. The van der Waals surface area contributed by atoms with E-state index >= 15 is 0 Å². The summed E-state index contributed by atoms with van der Waals surface area (Å²) in [5, 5.41) is 7.38. The third kappa shape index (κ3) is 3.87. The summed E-state index contributed by atoms with van der Waals surface area (Å²) in [6, 6.07) is 4.06. The summed E-state index contributed by atoms with van der Waals surface area (Å²) in [6.07, 6.45) is 4.05. The number of carbonyl (C=O) groups excluding carboxylic acids is 1. The highest BCUT2D eigenvalue weighted by Crippen LogP contribution is 2.34. The van der Waals surface area contributed by atoms with Gasteiger partial charge in [-0.1, -0.05) is 0 Å². The lowest BCUT2D eigenvalue weighted by molar-refractivity contribution is 0.0875. The molecule has 1 fully saturated rings. The maximum Gasteiger partial charge on any atom is 0.270 e. The van der Waals surface area contributed by atoms with Crippen molar-refractivity contribution in [2.45, 2.75) is 32.7 Å². The van der Waals surface area contributed by atoms with Crippen LogP contribution >= 0.6 is 0 Å². The lowest BCUT2D eigenvalue weighted by atomic mass is 9.87. The minimum Gasteiger partial charge on any atom is -0.350 e. The van der Waals surface area contributed by atoms with E-state index in [0.717, 1.165) is 25.1 Å². The molecule has 1 aliphatic heterocycles. The van der Waals surface area contributed by atoms with Crippen molar-refractivity contribution in [2.24, 2.45) is 13.0 Å². The highest BCUT2D eigenvalue weighted by molar-refractivity contribution is 5.92. The second-order valence-electron chi connectivity index (χ2n) is 6.86. The monoisotopic (exact) mass is 342 g/mol. The molecule has 0 aromatic carbocycles. The van der Waals surface area contributed by atoms with Gasteiger partial charge in [-0.15, -0.1) is 0 Å². The molecule has 7 heteroatoms. The summed E-state index contributed by atoms with van der Waals surface area (Å²) < 4.78 is 1.93. The van der Waals surface area contributed by atoms with E-state index in [9.17, 15) is 4.79 Å². The average Bonchev–Trinajstić information content (AvgIpc) is 2.97. The summed E-state index contributed by atoms with van der Waals surface area (Å²) in [5.41, 5.74) is 2.43. The maximum absolute atomic E-state index is 12.5. The zero-order valence-corrected chi connectivity index (χ0v) is 15.4. The second kappa shape index (κ2) is 7.31. The summed E-state index contributed by atoms with van der Waals surface area (Å²) >= 11 is 0. The molecule has 7 nitrogen and oxygen atoms in total. The third-order valence-electron chi connectivity index (χ3n) is 4.89. The molecule has 3 heterocycles. The number of carbonyl (C=O) groups is 1. The van der Waals surface area contributed by atoms with Crippen molar-refractivity contribution in [3.63, 3.8) is 0 Å². The zero-order chi connectivity index (χ0) is 18.0. The molecule has 0 aliphatic carbocycles. The predicted molar refractivity (Wildman–Crippen MR) is 95.1 cm³/mol. The summed E-state index contributed by atoms with van der Waals surface area (Å²) in [7, 11) is 4.11. The first kappa shape index (κ1) is 17.5. The molecule has 0 saturated carbocycles. The van der Waals surface area contributed by atoms with Crippen molar-refractivity contribution in [1.82, 2.24) is 30.0 Å². The quantitative estimate of drug-likeness (QED) is 0.914. The van der Waals surface area contributed by atoms with Gasteiger partial charge in [-0.05, 0) is 58.3 Å². The molecular formula is C18H26N6O. The van der Waals surface area contributed by atoms with Crippen LogP contribution in [0.25, 0.3) is 0 Å². The molecule has 2 atom stereocenters. The van der Waals surface area contributed by atoms with Crippen LogP contribution in [0.15, 0.2) is 18.3 Å². The number of nitrogens with one attached hydrogen (secondary N) is 1. The molecule has 0 bridgehead atoms. The maximum atomic E-state index is 12.5. The lowest BCUT2D eigenvalue weighted by Gasteiger charge is -2.39. The number of hydrogen-bond donors (Lipinski definition) is 1. The first-order valence-corrected chi connectivity index (χ1v) is 8.74. The zero-order valence-electron chi connectivity index (χ0n) is 15.4. The van der Waals surface area contributed by atoms with Crippen LogP contribution in [-0.4, -0.2) is 50.7 Å². The van der Waals surface area contributed by atoms with Crippen LogP contribution in [0.2, 0.25) is 0 Å². The smallest absolute Gasteiger partial charge is 0.270 e. The van der Waals surface area contributed by atoms with Crippen molar-refractivity contribution < 1.29 is 4.79 Å². The fourth-order valence-electron chi connectivity index (χ4n) is 3.76. The van der Waals surface area contributed by atoms with E-state index in [1.54, 1.807) is 13.0 Å². The summed E-state index contributed by atoms with van der Waals surface area (Å²) in [6.45, 7) is 5.37. The first-order chi connectivity index (χ1) is 12.0. The third-order valence-corrected chi connectivity index (χ3v) is 4.89. The van der Waals surface area contributed by atoms with E-state index in [0.29, 0.717) is 24.0 Å². The van der Waals surface area contributed by atoms with Gasteiger partial charge in [-0.3, -0.25) is 14.4 Å². The SMILES string of the molecule is Cc1cc(C(=O)NC[C@@H]2CCCN(C)[C@H]2c2ccnn2C)nc(C)n1. The Bertz CT molecular complexity index is 736. The molecule has 2 aromatic rings. The number of rotatable bonds is 4. The fraction of sp³-hybridized carbons (Fsp3) is 0.556. The van der Waals surface area contributed by atoms with Crippen LogP contribution in [-0.2, 0) is 7.05 Å². The van der Waals surface area contributed by atoms with Gasteiger partial charge in [-0.25, -0.2) is 9.97 Å². The van der Waals surface area contributed by atoms with Crippen molar-refractivity contribution in [1.29, 1.82) is 0 Å². The van der Waals surface area contributed by atoms with E-state index in [4.69, 9.17) is 0 Å². The Morgan fingerprint density at radius 3 is 2.80 bits per heavy atom. The van der Waals surface area contributed by atoms with Crippen molar-refractivity contribution in [3.8, 4) is 0 Å². The number of nitrogens with zero attached hydrogens (tertiary/aromatic N) is 5. The van der Waals surface area contributed by atoms with Gasteiger partial charge in [0.2, 0.25) is 0 Å². The molecule has 25 heavy (non-hydrogen) atoms. The van der Waals surface area contributed by atoms with Crippen molar-refractivity contribution in [3.05, 3.63) is 41.2 Å². The van der Waals surface area contributed by atoms with E-state index in [1.807, 2.05) is 24.9 Å². The number of hydrogen-bond acceptors (Lipinski definition) is 5. The van der Waals surface area contributed by atoms with Gasteiger partial charge >= 0.3 is 0 Å². The Hall–Kier alpha value is -2.28. The standard InChI is InChI=1S/C18H26N6O/c1-12-10-15(22-13(2)21-12)18(25)19-11-14-6-5-9-23(3)17(14)16-7-8-20-24(16)4/h7-8,10,14,17H,5-6,9,11H2,1-4H3,(H,19,25)/t14-,17+/m0/s1. The average molecular weight is 342 g/mol. The number of likely N-dealkylation sites (tertiary alicyclic amines) is 1. The van der Waals surface area contributed by atoms with E-state index in [1.165, 1.54) is 5.69 Å². The lowest BCUT2D eigenvalue weighted by Crippen LogP contribution is -2.42. The van der Waals surface area contributed by atoms with Crippen LogP contribution in [0, 0.1) is 19.8 Å².